The highest BCUT2D eigenvalue weighted by Crippen LogP contribution is 2.26. The molecule has 1 aliphatic heterocycles. The molecule has 0 aliphatic carbocycles. The van der Waals surface area contributed by atoms with E-state index in [1.165, 1.54) is 6.39 Å². The Morgan fingerprint density at radius 2 is 2.22 bits per heavy atom. The topological polar surface area (TPSA) is 58.4 Å². The summed E-state index contributed by atoms with van der Waals surface area (Å²) in [5, 5.41) is 3.98. The van der Waals surface area contributed by atoms with Crippen molar-refractivity contribution < 1.29 is 9.21 Å². The average molecular weight is 379 g/mol. The van der Waals surface area contributed by atoms with E-state index in [4.69, 9.17) is 16.0 Å². The molecule has 0 saturated carbocycles. The van der Waals surface area contributed by atoms with Crippen LogP contribution in [0, 0.1) is 6.92 Å². The van der Waals surface area contributed by atoms with E-state index in [9.17, 15) is 4.79 Å². The van der Waals surface area contributed by atoms with Gasteiger partial charge < -0.3 is 14.6 Å². The summed E-state index contributed by atoms with van der Waals surface area (Å²) in [5.41, 5.74) is 1.63. The fraction of sp³-hybridized carbons (Fsp3) is 0.333. The molecule has 1 aromatic heterocycles. The number of aromatic nitrogens is 1. The van der Waals surface area contributed by atoms with Gasteiger partial charge in [0.25, 0.3) is 5.91 Å². The van der Waals surface area contributed by atoms with Gasteiger partial charge in [-0.05, 0) is 24.6 Å². The van der Waals surface area contributed by atoms with Gasteiger partial charge in [0, 0.05) is 24.7 Å². The van der Waals surface area contributed by atoms with Crippen molar-refractivity contribution in [3.05, 3.63) is 52.7 Å². The lowest BCUT2D eigenvalue weighted by Gasteiger charge is -2.36. The predicted molar refractivity (Wildman–Crippen MR) is 93.8 cm³/mol. The summed E-state index contributed by atoms with van der Waals surface area (Å²) in [6.07, 6.45) is 1.30. The molecule has 1 N–H and O–H groups in total. The van der Waals surface area contributed by atoms with Gasteiger partial charge in [0.2, 0.25) is 5.76 Å². The highest BCUT2D eigenvalue weighted by molar-refractivity contribution is 6.30. The van der Waals surface area contributed by atoms with E-state index < -0.39 is 0 Å². The van der Waals surface area contributed by atoms with Gasteiger partial charge in [-0.25, -0.2) is 4.98 Å². The molecule has 1 unspecified atom stereocenters. The molecule has 0 spiro atoms. The Hall–Kier alpha value is -1.27. The molecule has 8 heteroatoms. The number of nitrogens with one attached hydrogen (secondary N) is 1. The molecular weight excluding hydrogens is 361 g/mol. The lowest BCUT2D eigenvalue weighted by atomic mass is 10.0. The molecule has 1 saturated heterocycles. The lowest BCUT2D eigenvalue weighted by Crippen LogP contribution is -2.48. The third-order valence-electron chi connectivity index (χ3n) is 3.68. The molecule has 2 aromatic rings. The Morgan fingerprint density at radius 3 is 2.87 bits per heavy atom. The van der Waals surface area contributed by atoms with Crippen molar-refractivity contribution in [2.45, 2.75) is 13.0 Å². The number of piperazine rings is 1. The van der Waals surface area contributed by atoms with Gasteiger partial charge in [0.1, 0.15) is 0 Å². The Balaban J connectivity index is 0.00000132. The second-order valence-electron chi connectivity index (χ2n) is 5.04. The van der Waals surface area contributed by atoms with Gasteiger partial charge in [-0.15, -0.1) is 24.8 Å². The number of carbonyl (C=O) groups excluding carboxylic acids is 1. The summed E-state index contributed by atoms with van der Waals surface area (Å²) in [5.74, 6) is 0.181. The number of carbonyl (C=O) groups is 1. The van der Waals surface area contributed by atoms with Gasteiger partial charge >= 0.3 is 0 Å². The number of oxazole rings is 1. The number of rotatable bonds is 2. The van der Waals surface area contributed by atoms with Crippen molar-refractivity contribution in [3.63, 3.8) is 0 Å². The van der Waals surface area contributed by atoms with E-state index in [-0.39, 0.29) is 36.8 Å². The molecule has 1 aliphatic rings. The Morgan fingerprint density at radius 1 is 1.43 bits per heavy atom. The normalized spacial score (nSPS) is 17.1. The summed E-state index contributed by atoms with van der Waals surface area (Å²) in [7, 11) is 0. The lowest BCUT2D eigenvalue weighted by molar-refractivity contribution is 0.0600. The summed E-state index contributed by atoms with van der Waals surface area (Å²) >= 11 is 6.06. The maximum absolute atomic E-state index is 12.7. The zero-order valence-corrected chi connectivity index (χ0v) is 14.9. The van der Waals surface area contributed by atoms with Gasteiger partial charge in [0.15, 0.2) is 6.39 Å². The van der Waals surface area contributed by atoms with E-state index in [0.717, 1.165) is 12.1 Å². The molecule has 23 heavy (non-hydrogen) atoms. The minimum atomic E-state index is -0.128. The van der Waals surface area contributed by atoms with E-state index in [1.807, 2.05) is 29.2 Å². The molecule has 1 fully saturated rings. The van der Waals surface area contributed by atoms with E-state index in [1.54, 1.807) is 6.92 Å². The fourth-order valence-electron chi connectivity index (χ4n) is 2.60. The summed E-state index contributed by atoms with van der Waals surface area (Å²) in [6.45, 7) is 3.85. The van der Waals surface area contributed by atoms with Gasteiger partial charge in [-0.3, -0.25) is 4.79 Å². The van der Waals surface area contributed by atoms with Crippen molar-refractivity contribution in [1.29, 1.82) is 0 Å². The first-order chi connectivity index (χ1) is 10.2. The zero-order chi connectivity index (χ0) is 14.8. The first kappa shape index (κ1) is 19.8. The average Bonchev–Trinajstić information content (AvgIpc) is 2.93. The van der Waals surface area contributed by atoms with Crippen molar-refractivity contribution >= 4 is 42.3 Å². The Bertz CT molecular complexity index is 663. The van der Waals surface area contributed by atoms with E-state index in [2.05, 4.69) is 10.3 Å². The minimum absolute atomic E-state index is 0. The van der Waals surface area contributed by atoms with Crippen LogP contribution in [0.5, 0.6) is 0 Å². The maximum Gasteiger partial charge on any atom is 0.292 e. The molecule has 2 heterocycles. The Kier molecular flexibility index (Phi) is 7.35. The van der Waals surface area contributed by atoms with Crippen LogP contribution in [0.1, 0.15) is 27.9 Å². The van der Waals surface area contributed by atoms with Crippen LogP contribution < -0.4 is 5.32 Å². The molecule has 5 nitrogen and oxygen atoms in total. The minimum Gasteiger partial charge on any atom is -0.438 e. The number of benzene rings is 1. The van der Waals surface area contributed by atoms with Gasteiger partial charge in [-0.1, -0.05) is 23.7 Å². The first-order valence-electron chi connectivity index (χ1n) is 6.84. The highest BCUT2D eigenvalue weighted by Gasteiger charge is 2.31. The molecule has 0 radical (unpaired) electrons. The predicted octanol–water partition coefficient (Wildman–Crippen LogP) is 3.27. The fourth-order valence-corrected chi connectivity index (χ4v) is 2.80. The number of aryl methyl sites for hydroxylation is 1. The molecule has 1 atom stereocenters. The monoisotopic (exact) mass is 377 g/mol. The van der Waals surface area contributed by atoms with Gasteiger partial charge in [0.05, 0.1) is 11.7 Å². The first-order valence-corrected chi connectivity index (χ1v) is 7.22. The van der Waals surface area contributed by atoms with E-state index in [0.29, 0.717) is 29.6 Å². The number of amides is 1. The second kappa shape index (κ2) is 8.55. The molecule has 126 valence electrons. The maximum atomic E-state index is 12.7. The number of halogens is 3. The van der Waals surface area contributed by atoms with Crippen molar-refractivity contribution in [2.75, 3.05) is 19.6 Å². The Labute approximate surface area is 152 Å². The highest BCUT2D eigenvalue weighted by atomic mass is 35.5. The van der Waals surface area contributed by atoms with Crippen LogP contribution in [0.2, 0.25) is 5.02 Å². The molecule has 1 amide bonds. The van der Waals surface area contributed by atoms with Gasteiger partial charge in [-0.2, -0.15) is 0 Å². The molecular formula is C15H18Cl3N3O2. The number of nitrogens with zero attached hydrogens (tertiary/aromatic N) is 2. The summed E-state index contributed by atoms with van der Waals surface area (Å²) in [4.78, 5) is 18.5. The van der Waals surface area contributed by atoms with Crippen LogP contribution in [-0.2, 0) is 0 Å². The largest absolute Gasteiger partial charge is 0.438 e. The summed E-state index contributed by atoms with van der Waals surface area (Å²) < 4.78 is 5.24. The van der Waals surface area contributed by atoms with Crippen LogP contribution in [0.3, 0.4) is 0 Å². The van der Waals surface area contributed by atoms with Crippen LogP contribution in [0.25, 0.3) is 0 Å². The zero-order valence-electron chi connectivity index (χ0n) is 12.5. The number of hydrogen-bond acceptors (Lipinski definition) is 4. The van der Waals surface area contributed by atoms with E-state index >= 15 is 0 Å². The number of hydrogen-bond donors (Lipinski definition) is 1. The SMILES string of the molecule is Cc1ncoc1C(=O)N1CCNCC1c1cccc(Cl)c1.Cl.Cl. The van der Waals surface area contributed by atoms with Crippen LogP contribution in [0.15, 0.2) is 35.1 Å². The van der Waals surface area contributed by atoms with Crippen molar-refractivity contribution in [3.8, 4) is 0 Å². The quantitative estimate of drug-likeness (QED) is 0.871. The third-order valence-corrected chi connectivity index (χ3v) is 3.91. The molecule has 3 rings (SSSR count). The van der Waals surface area contributed by atoms with Crippen LogP contribution in [0.4, 0.5) is 0 Å². The standard InChI is InChI=1S/C15H16ClN3O2.2ClH/c1-10-14(21-9-18-10)15(20)19-6-5-17-8-13(19)11-3-2-4-12(16)7-11;;/h2-4,7,9,13,17H,5-6,8H2,1H3;2*1H. The summed E-state index contributed by atoms with van der Waals surface area (Å²) in [6, 6.07) is 7.54. The third kappa shape index (κ3) is 4.18. The van der Waals surface area contributed by atoms with Crippen LogP contribution in [-0.4, -0.2) is 35.4 Å². The molecule has 0 bridgehead atoms. The van der Waals surface area contributed by atoms with Crippen molar-refractivity contribution in [2.24, 2.45) is 0 Å². The molecule has 1 aromatic carbocycles. The smallest absolute Gasteiger partial charge is 0.292 e. The second-order valence-corrected chi connectivity index (χ2v) is 5.48. The van der Waals surface area contributed by atoms with Crippen LogP contribution >= 0.6 is 36.4 Å². The van der Waals surface area contributed by atoms with Crippen molar-refractivity contribution in [1.82, 2.24) is 15.2 Å².